The molecule has 0 N–H and O–H groups in total. The zero-order valence-corrected chi connectivity index (χ0v) is 10.9. The Morgan fingerprint density at radius 3 is 2.42 bits per heavy atom. The standard InChI is InChI=1S/C17H14O2/c1-13-15(9-6-10-16(13)17(18)19-2)12-11-14-7-4-3-5-8-14/h3-10H,1-2H3. The van der Waals surface area contributed by atoms with Gasteiger partial charge in [-0.3, -0.25) is 0 Å². The maximum atomic E-state index is 11.6. The molecule has 0 amide bonds. The Morgan fingerprint density at radius 2 is 1.74 bits per heavy atom. The highest BCUT2D eigenvalue weighted by molar-refractivity contribution is 5.91. The number of hydrogen-bond donors (Lipinski definition) is 0. The number of rotatable bonds is 1. The summed E-state index contributed by atoms with van der Waals surface area (Å²) in [6.07, 6.45) is 0. The molecule has 0 saturated carbocycles. The minimum atomic E-state index is -0.333. The van der Waals surface area contributed by atoms with Crippen molar-refractivity contribution >= 4 is 5.97 Å². The van der Waals surface area contributed by atoms with Crippen LogP contribution in [0.15, 0.2) is 48.5 Å². The Hall–Kier alpha value is -2.53. The SMILES string of the molecule is COC(=O)c1cccc(C#Cc2ccccc2)c1C. The topological polar surface area (TPSA) is 26.3 Å². The second kappa shape index (κ2) is 5.88. The Kier molecular flexibility index (Phi) is 4.00. The van der Waals surface area contributed by atoms with Gasteiger partial charge in [-0.2, -0.15) is 0 Å². The molecule has 0 spiro atoms. The van der Waals surface area contributed by atoms with E-state index >= 15 is 0 Å². The molecule has 0 radical (unpaired) electrons. The first kappa shape index (κ1) is 12.9. The number of hydrogen-bond acceptors (Lipinski definition) is 2. The van der Waals surface area contributed by atoms with Crippen molar-refractivity contribution in [2.75, 3.05) is 7.11 Å². The van der Waals surface area contributed by atoms with E-state index in [0.29, 0.717) is 5.56 Å². The zero-order valence-electron chi connectivity index (χ0n) is 10.9. The van der Waals surface area contributed by atoms with Crippen molar-refractivity contribution in [1.29, 1.82) is 0 Å². The quantitative estimate of drug-likeness (QED) is 0.574. The van der Waals surface area contributed by atoms with E-state index in [1.165, 1.54) is 7.11 Å². The summed E-state index contributed by atoms with van der Waals surface area (Å²) >= 11 is 0. The normalized spacial score (nSPS) is 9.37. The van der Waals surface area contributed by atoms with Crippen molar-refractivity contribution in [2.45, 2.75) is 6.92 Å². The molecule has 0 aromatic heterocycles. The molecule has 2 aromatic carbocycles. The van der Waals surface area contributed by atoms with E-state index in [1.54, 1.807) is 6.07 Å². The summed E-state index contributed by atoms with van der Waals surface area (Å²) in [5.41, 5.74) is 3.19. The van der Waals surface area contributed by atoms with Gasteiger partial charge in [0.25, 0.3) is 0 Å². The highest BCUT2D eigenvalue weighted by Gasteiger charge is 2.10. The first-order valence-electron chi connectivity index (χ1n) is 5.97. The molecule has 0 heterocycles. The van der Waals surface area contributed by atoms with Crippen LogP contribution in [0.5, 0.6) is 0 Å². The number of carbonyl (C=O) groups excluding carboxylic acids is 1. The number of ether oxygens (including phenoxy) is 1. The Labute approximate surface area is 113 Å². The predicted octanol–water partition coefficient (Wildman–Crippen LogP) is 3.18. The molecular weight excluding hydrogens is 236 g/mol. The van der Waals surface area contributed by atoms with Gasteiger partial charge in [0.05, 0.1) is 12.7 Å². The molecule has 2 heteroatoms. The molecular formula is C17H14O2. The fourth-order valence-corrected chi connectivity index (χ4v) is 1.76. The summed E-state index contributed by atoms with van der Waals surface area (Å²) in [6.45, 7) is 1.88. The smallest absolute Gasteiger partial charge is 0.338 e. The maximum Gasteiger partial charge on any atom is 0.338 e. The van der Waals surface area contributed by atoms with Crippen LogP contribution in [0, 0.1) is 18.8 Å². The summed E-state index contributed by atoms with van der Waals surface area (Å²) in [6, 6.07) is 15.2. The number of benzene rings is 2. The lowest BCUT2D eigenvalue weighted by Gasteiger charge is -2.05. The van der Waals surface area contributed by atoms with E-state index < -0.39 is 0 Å². The lowest BCUT2D eigenvalue weighted by Crippen LogP contribution is -2.04. The third kappa shape index (κ3) is 3.02. The molecule has 2 nitrogen and oxygen atoms in total. The van der Waals surface area contributed by atoms with Gasteiger partial charge in [-0.05, 0) is 36.8 Å². The monoisotopic (exact) mass is 250 g/mol. The highest BCUT2D eigenvalue weighted by atomic mass is 16.5. The molecule has 0 aliphatic heterocycles. The fourth-order valence-electron chi connectivity index (χ4n) is 1.76. The van der Waals surface area contributed by atoms with Gasteiger partial charge < -0.3 is 4.74 Å². The lowest BCUT2D eigenvalue weighted by molar-refractivity contribution is 0.0600. The van der Waals surface area contributed by atoms with Crippen molar-refractivity contribution < 1.29 is 9.53 Å². The van der Waals surface area contributed by atoms with Crippen LogP contribution < -0.4 is 0 Å². The van der Waals surface area contributed by atoms with Crippen LogP contribution in [-0.4, -0.2) is 13.1 Å². The third-order valence-corrected chi connectivity index (χ3v) is 2.85. The van der Waals surface area contributed by atoms with Gasteiger partial charge in [-0.1, -0.05) is 36.1 Å². The van der Waals surface area contributed by atoms with Gasteiger partial charge in [0.15, 0.2) is 0 Å². The van der Waals surface area contributed by atoms with Crippen LogP contribution >= 0.6 is 0 Å². The summed E-state index contributed by atoms with van der Waals surface area (Å²) in [5, 5.41) is 0. The number of esters is 1. The van der Waals surface area contributed by atoms with E-state index in [0.717, 1.165) is 16.7 Å². The highest BCUT2D eigenvalue weighted by Crippen LogP contribution is 2.14. The molecule has 94 valence electrons. The summed E-state index contributed by atoms with van der Waals surface area (Å²) in [4.78, 5) is 11.6. The predicted molar refractivity (Wildman–Crippen MR) is 74.9 cm³/mol. The minimum absolute atomic E-state index is 0.333. The van der Waals surface area contributed by atoms with Crippen molar-refractivity contribution in [2.24, 2.45) is 0 Å². The number of methoxy groups -OCH3 is 1. The average Bonchev–Trinajstić information content (AvgIpc) is 2.46. The van der Waals surface area contributed by atoms with Crippen molar-refractivity contribution in [1.82, 2.24) is 0 Å². The van der Waals surface area contributed by atoms with Crippen LogP contribution in [0.2, 0.25) is 0 Å². The van der Waals surface area contributed by atoms with Gasteiger partial charge in [-0.15, -0.1) is 0 Å². The second-order valence-corrected chi connectivity index (χ2v) is 4.09. The summed E-state index contributed by atoms with van der Waals surface area (Å²) < 4.78 is 4.75. The Morgan fingerprint density at radius 1 is 1.00 bits per heavy atom. The molecule has 0 bridgehead atoms. The molecule has 2 rings (SSSR count). The van der Waals surface area contributed by atoms with Crippen molar-refractivity contribution in [3.8, 4) is 11.8 Å². The summed E-state index contributed by atoms with van der Waals surface area (Å²) in [7, 11) is 1.38. The molecule has 0 aliphatic rings. The Bertz CT molecular complexity index is 646. The van der Waals surface area contributed by atoms with Gasteiger partial charge >= 0.3 is 5.97 Å². The van der Waals surface area contributed by atoms with Crippen LogP contribution in [0.4, 0.5) is 0 Å². The largest absolute Gasteiger partial charge is 0.465 e. The van der Waals surface area contributed by atoms with Gasteiger partial charge in [0, 0.05) is 11.1 Å². The van der Waals surface area contributed by atoms with Crippen LogP contribution in [-0.2, 0) is 4.74 Å². The van der Waals surface area contributed by atoms with Crippen LogP contribution in [0.25, 0.3) is 0 Å². The molecule has 2 aromatic rings. The molecule has 0 unspecified atom stereocenters. The maximum absolute atomic E-state index is 11.6. The molecule has 19 heavy (non-hydrogen) atoms. The van der Waals surface area contributed by atoms with Crippen molar-refractivity contribution in [3.05, 3.63) is 70.8 Å². The minimum Gasteiger partial charge on any atom is -0.465 e. The molecule has 0 atom stereocenters. The van der Waals surface area contributed by atoms with Gasteiger partial charge in [-0.25, -0.2) is 4.79 Å². The average molecular weight is 250 g/mol. The first-order valence-corrected chi connectivity index (χ1v) is 5.97. The lowest BCUT2D eigenvalue weighted by atomic mass is 10.0. The Balaban J connectivity index is 2.37. The molecule has 0 fully saturated rings. The molecule has 0 saturated heterocycles. The summed E-state index contributed by atoms with van der Waals surface area (Å²) in [5.74, 6) is 5.84. The van der Waals surface area contributed by atoms with E-state index in [-0.39, 0.29) is 5.97 Å². The molecule has 0 aliphatic carbocycles. The van der Waals surface area contributed by atoms with Gasteiger partial charge in [0.2, 0.25) is 0 Å². The van der Waals surface area contributed by atoms with Crippen molar-refractivity contribution in [3.63, 3.8) is 0 Å². The third-order valence-electron chi connectivity index (χ3n) is 2.85. The second-order valence-electron chi connectivity index (χ2n) is 4.09. The fraction of sp³-hybridized carbons (Fsp3) is 0.118. The van der Waals surface area contributed by atoms with E-state index in [2.05, 4.69) is 11.8 Å². The van der Waals surface area contributed by atoms with Crippen LogP contribution in [0.3, 0.4) is 0 Å². The van der Waals surface area contributed by atoms with Gasteiger partial charge in [0.1, 0.15) is 0 Å². The van der Waals surface area contributed by atoms with E-state index in [1.807, 2.05) is 49.4 Å². The zero-order chi connectivity index (χ0) is 13.7. The number of carbonyl (C=O) groups is 1. The first-order chi connectivity index (χ1) is 9.22. The van der Waals surface area contributed by atoms with E-state index in [9.17, 15) is 4.79 Å². The van der Waals surface area contributed by atoms with E-state index in [4.69, 9.17) is 4.74 Å². The van der Waals surface area contributed by atoms with Crippen LogP contribution in [0.1, 0.15) is 27.0 Å².